The first kappa shape index (κ1) is 15.3. The maximum Gasteiger partial charge on any atom is 0.00693 e. The molecule has 0 spiro atoms. The summed E-state index contributed by atoms with van der Waals surface area (Å²) >= 11 is 1.79. The van der Waals surface area contributed by atoms with Crippen LogP contribution in [0.4, 0.5) is 0 Å². The van der Waals surface area contributed by atoms with E-state index >= 15 is 0 Å². The van der Waals surface area contributed by atoms with E-state index in [2.05, 4.69) is 91.2 Å². The van der Waals surface area contributed by atoms with Crippen molar-refractivity contribution in [3.8, 4) is 0 Å². The van der Waals surface area contributed by atoms with Crippen molar-refractivity contribution >= 4 is 30.3 Å². The van der Waals surface area contributed by atoms with Gasteiger partial charge in [0.15, 0.2) is 0 Å². The van der Waals surface area contributed by atoms with Gasteiger partial charge < -0.3 is 0 Å². The molecular formula is C20H19PS. The van der Waals surface area contributed by atoms with Crippen LogP contribution in [-0.4, -0.2) is 6.26 Å². The topological polar surface area (TPSA) is 0 Å². The normalized spacial score (nSPS) is 10.8. The molecule has 0 aliphatic heterocycles. The SMILES string of the molecule is CSc1ccc(CP(c2ccccc2)c2ccccc2)cc1. The predicted octanol–water partition coefficient (Wildman–Crippen LogP) is 5.04. The Morgan fingerprint density at radius 1 is 0.682 bits per heavy atom. The Hall–Kier alpha value is -1.56. The number of rotatable bonds is 5. The molecule has 22 heavy (non-hydrogen) atoms. The molecule has 0 amide bonds. The molecule has 0 aliphatic carbocycles. The van der Waals surface area contributed by atoms with E-state index < -0.39 is 0 Å². The van der Waals surface area contributed by atoms with Crippen LogP contribution in [0.15, 0.2) is 89.8 Å². The Morgan fingerprint density at radius 3 is 1.64 bits per heavy atom. The Morgan fingerprint density at radius 2 is 1.18 bits per heavy atom. The van der Waals surface area contributed by atoms with Crippen LogP contribution in [0.3, 0.4) is 0 Å². The van der Waals surface area contributed by atoms with Crippen LogP contribution < -0.4 is 10.6 Å². The number of hydrogen-bond acceptors (Lipinski definition) is 1. The van der Waals surface area contributed by atoms with Gasteiger partial charge >= 0.3 is 0 Å². The van der Waals surface area contributed by atoms with Crippen molar-refractivity contribution in [3.63, 3.8) is 0 Å². The van der Waals surface area contributed by atoms with Gasteiger partial charge in [-0.15, -0.1) is 11.8 Å². The summed E-state index contributed by atoms with van der Waals surface area (Å²) in [5, 5.41) is 2.88. The molecule has 0 atom stereocenters. The minimum atomic E-state index is -0.348. The molecule has 3 rings (SSSR count). The molecule has 110 valence electrons. The van der Waals surface area contributed by atoms with Gasteiger partial charge in [0.05, 0.1) is 0 Å². The van der Waals surface area contributed by atoms with Crippen LogP contribution in [0.5, 0.6) is 0 Å². The van der Waals surface area contributed by atoms with Crippen LogP contribution >= 0.6 is 19.7 Å². The van der Waals surface area contributed by atoms with E-state index in [-0.39, 0.29) is 7.92 Å². The molecule has 3 aromatic carbocycles. The summed E-state index contributed by atoms with van der Waals surface area (Å²) in [7, 11) is -0.348. The first-order valence-corrected chi connectivity index (χ1v) is 10.1. The highest BCUT2D eigenvalue weighted by atomic mass is 32.2. The zero-order valence-electron chi connectivity index (χ0n) is 12.6. The highest BCUT2D eigenvalue weighted by Gasteiger charge is 2.13. The maximum absolute atomic E-state index is 2.27. The lowest BCUT2D eigenvalue weighted by atomic mass is 10.2. The van der Waals surface area contributed by atoms with Gasteiger partial charge in [0, 0.05) is 11.1 Å². The highest BCUT2D eigenvalue weighted by molar-refractivity contribution is 7.98. The first-order chi connectivity index (χ1) is 10.9. The maximum atomic E-state index is 2.27. The van der Waals surface area contributed by atoms with Crippen LogP contribution in [0.2, 0.25) is 0 Å². The van der Waals surface area contributed by atoms with Crippen LogP contribution in [0.25, 0.3) is 0 Å². The zero-order valence-corrected chi connectivity index (χ0v) is 14.4. The van der Waals surface area contributed by atoms with E-state index in [9.17, 15) is 0 Å². The van der Waals surface area contributed by atoms with E-state index in [1.54, 1.807) is 11.8 Å². The van der Waals surface area contributed by atoms with E-state index in [0.717, 1.165) is 6.16 Å². The molecule has 0 unspecified atom stereocenters. The monoisotopic (exact) mass is 322 g/mol. The van der Waals surface area contributed by atoms with Crippen LogP contribution in [0.1, 0.15) is 5.56 Å². The summed E-state index contributed by atoms with van der Waals surface area (Å²) in [6.45, 7) is 0. The molecule has 2 heteroatoms. The van der Waals surface area contributed by atoms with Gasteiger partial charge in [-0.05, 0) is 42.5 Å². The summed E-state index contributed by atoms with van der Waals surface area (Å²) in [5.41, 5.74) is 1.41. The minimum Gasteiger partial charge on any atom is -0.130 e. The van der Waals surface area contributed by atoms with Crippen LogP contribution in [0, 0.1) is 0 Å². The molecule has 0 nitrogen and oxygen atoms in total. The molecule has 0 radical (unpaired) electrons. The van der Waals surface area contributed by atoms with E-state index in [1.165, 1.54) is 21.1 Å². The third kappa shape index (κ3) is 3.80. The van der Waals surface area contributed by atoms with Gasteiger partial charge in [0.1, 0.15) is 0 Å². The molecule has 0 saturated heterocycles. The smallest absolute Gasteiger partial charge is 0.00693 e. The fourth-order valence-electron chi connectivity index (χ4n) is 2.46. The summed E-state index contributed by atoms with van der Waals surface area (Å²) in [6.07, 6.45) is 3.22. The molecular weight excluding hydrogens is 303 g/mol. The van der Waals surface area contributed by atoms with Crippen molar-refractivity contribution in [1.29, 1.82) is 0 Å². The fourth-order valence-corrected chi connectivity index (χ4v) is 5.17. The summed E-state index contributed by atoms with van der Waals surface area (Å²) in [4.78, 5) is 1.33. The van der Waals surface area contributed by atoms with Gasteiger partial charge in [-0.25, -0.2) is 0 Å². The van der Waals surface area contributed by atoms with Crippen molar-refractivity contribution in [1.82, 2.24) is 0 Å². The molecule has 0 aliphatic rings. The minimum absolute atomic E-state index is 0.348. The average Bonchev–Trinajstić information content (AvgIpc) is 2.62. The molecule has 0 fully saturated rings. The van der Waals surface area contributed by atoms with E-state index in [4.69, 9.17) is 0 Å². The average molecular weight is 322 g/mol. The van der Waals surface area contributed by atoms with E-state index in [0.29, 0.717) is 0 Å². The van der Waals surface area contributed by atoms with Crippen molar-refractivity contribution in [3.05, 3.63) is 90.5 Å². The zero-order chi connectivity index (χ0) is 15.2. The Balaban J connectivity index is 1.91. The number of benzene rings is 3. The number of thioether (sulfide) groups is 1. The molecule has 0 bridgehead atoms. The predicted molar refractivity (Wildman–Crippen MR) is 101 cm³/mol. The first-order valence-electron chi connectivity index (χ1n) is 7.37. The van der Waals surface area contributed by atoms with Gasteiger partial charge in [0.2, 0.25) is 0 Å². The molecule has 0 N–H and O–H groups in total. The Bertz CT molecular complexity index is 653. The van der Waals surface area contributed by atoms with Crippen molar-refractivity contribution < 1.29 is 0 Å². The van der Waals surface area contributed by atoms with E-state index in [1.807, 2.05) is 0 Å². The second-order valence-corrected chi connectivity index (χ2v) is 8.19. The third-order valence-electron chi connectivity index (χ3n) is 3.64. The highest BCUT2D eigenvalue weighted by Crippen LogP contribution is 2.37. The molecule has 0 heterocycles. The van der Waals surface area contributed by atoms with Crippen molar-refractivity contribution in [2.45, 2.75) is 11.1 Å². The fraction of sp³-hybridized carbons (Fsp3) is 0.100. The molecule has 3 aromatic rings. The number of hydrogen-bond donors (Lipinski definition) is 0. The summed E-state index contributed by atoms with van der Waals surface area (Å²) in [5.74, 6) is 0. The van der Waals surface area contributed by atoms with Gasteiger partial charge in [0.25, 0.3) is 0 Å². The third-order valence-corrected chi connectivity index (χ3v) is 6.90. The molecule has 0 aromatic heterocycles. The largest absolute Gasteiger partial charge is 0.130 e. The van der Waals surface area contributed by atoms with Crippen molar-refractivity contribution in [2.75, 3.05) is 6.26 Å². The second kappa shape index (κ2) is 7.63. The Kier molecular flexibility index (Phi) is 5.32. The van der Waals surface area contributed by atoms with Gasteiger partial charge in [-0.3, -0.25) is 0 Å². The van der Waals surface area contributed by atoms with Gasteiger partial charge in [-0.2, -0.15) is 0 Å². The standard InChI is InChI=1S/C20H19PS/c1-22-20-14-12-17(13-15-20)16-21(18-8-4-2-5-9-18)19-10-6-3-7-11-19/h2-15H,16H2,1H3. The molecule has 0 saturated carbocycles. The lowest BCUT2D eigenvalue weighted by Crippen LogP contribution is -2.12. The second-order valence-electron chi connectivity index (χ2n) is 5.11. The summed E-state index contributed by atoms with van der Waals surface area (Å²) < 4.78 is 0. The summed E-state index contributed by atoms with van der Waals surface area (Å²) in [6, 6.07) is 30.8. The quantitative estimate of drug-likeness (QED) is 0.468. The Labute approximate surface area is 138 Å². The van der Waals surface area contributed by atoms with Crippen LogP contribution in [-0.2, 0) is 6.16 Å². The van der Waals surface area contributed by atoms with Crippen molar-refractivity contribution in [2.24, 2.45) is 0 Å². The van der Waals surface area contributed by atoms with Gasteiger partial charge in [-0.1, -0.05) is 72.8 Å². The lowest BCUT2D eigenvalue weighted by Gasteiger charge is -2.19. The lowest BCUT2D eigenvalue weighted by molar-refractivity contribution is 1.34.